The zero-order chi connectivity index (χ0) is 14.3. The van der Waals surface area contributed by atoms with Gasteiger partial charge in [0.05, 0.1) is 0 Å². The summed E-state index contributed by atoms with van der Waals surface area (Å²) in [6, 6.07) is 9.53. The van der Waals surface area contributed by atoms with Crippen molar-refractivity contribution in [1.82, 2.24) is 0 Å². The van der Waals surface area contributed by atoms with Gasteiger partial charge in [-0.1, -0.05) is 24.3 Å². The second kappa shape index (κ2) is 5.10. The molecule has 0 unspecified atom stereocenters. The zero-order valence-electron chi connectivity index (χ0n) is 13.1. The molecule has 21 heavy (non-hydrogen) atoms. The van der Waals surface area contributed by atoms with Gasteiger partial charge in [-0.3, -0.25) is 0 Å². The molecular formula is C19H28NO+. The van der Waals surface area contributed by atoms with Crippen LogP contribution in [-0.4, -0.2) is 29.0 Å². The summed E-state index contributed by atoms with van der Waals surface area (Å²) in [5.74, 6) is 0. The Morgan fingerprint density at radius 2 is 1.48 bits per heavy atom. The van der Waals surface area contributed by atoms with Crippen LogP contribution in [0.4, 0.5) is 0 Å². The minimum atomic E-state index is 0.392. The lowest BCUT2D eigenvalue weighted by Gasteiger charge is -2.45. The molecule has 2 aliphatic carbocycles. The van der Waals surface area contributed by atoms with Gasteiger partial charge in [0.15, 0.2) is 0 Å². The van der Waals surface area contributed by atoms with Crippen molar-refractivity contribution in [2.24, 2.45) is 5.41 Å². The van der Waals surface area contributed by atoms with Crippen molar-refractivity contribution in [2.75, 3.05) is 13.1 Å². The van der Waals surface area contributed by atoms with Gasteiger partial charge in [-0.05, 0) is 61.5 Å². The molecule has 0 atom stereocenters. The molecule has 4 rings (SSSR count). The van der Waals surface area contributed by atoms with Crippen LogP contribution in [0.5, 0.6) is 0 Å². The van der Waals surface area contributed by atoms with Crippen molar-refractivity contribution < 1.29 is 9.85 Å². The molecule has 1 saturated carbocycles. The average Bonchev–Trinajstić information content (AvgIpc) is 2.86. The van der Waals surface area contributed by atoms with Crippen LogP contribution in [0.1, 0.15) is 56.1 Å². The lowest BCUT2D eigenvalue weighted by atomic mass is 9.70. The molecule has 114 valence electrons. The van der Waals surface area contributed by atoms with Crippen LogP contribution in [0.2, 0.25) is 0 Å². The fourth-order valence-corrected chi connectivity index (χ4v) is 5.25. The quantitative estimate of drug-likeness (QED) is 0.771. The maximum absolute atomic E-state index is 10.9. The summed E-state index contributed by atoms with van der Waals surface area (Å²) in [6.07, 6.45) is 11.4. The van der Waals surface area contributed by atoms with Gasteiger partial charge in [0.1, 0.15) is 19.1 Å². The molecule has 1 aliphatic heterocycles. The predicted molar refractivity (Wildman–Crippen MR) is 84.2 cm³/mol. The number of fused-ring (bicyclic) bond motifs is 1. The minimum absolute atomic E-state index is 0.392. The number of nitrogens with zero attached hydrogens (tertiary/aromatic N) is 1. The zero-order valence-corrected chi connectivity index (χ0v) is 13.1. The summed E-state index contributed by atoms with van der Waals surface area (Å²) in [5, 5.41) is 10.9. The lowest BCUT2D eigenvalue weighted by Crippen LogP contribution is -2.57. The van der Waals surface area contributed by atoms with E-state index in [9.17, 15) is 5.21 Å². The van der Waals surface area contributed by atoms with E-state index in [-0.39, 0.29) is 0 Å². The summed E-state index contributed by atoms with van der Waals surface area (Å²) < 4.78 is 0.392. The largest absolute Gasteiger partial charge is 0.217 e. The second-order valence-corrected chi connectivity index (χ2v) is 7.85. The molecule has 2 nitrogen and oxygen atoms in total. The van der Waals surface area contributed by atoms with Gasteiger partial charge in [-0.15, -0.1) is 0 Å². The van der Waals surface area contributed by atoms with Crippen molar-refractivity contribution >= 4 is 0 Å². The Morgan fingerprint density at radius 3 is 2.05 bits per heavy atom. The summed E-state index contributed by atoms with van der Waals surface area (Å²) >= 11 is 0. The molecular weight excluding hydrogens is 258 g/mol. The minimum Gasteiger partial charge on any atom is -0.217 e. The molecule has 1 spiro atoms. The molecule has 0 amide bonds. The first-order valence-electron chi connectivity index (χ1n) is 8.86. The van der Waals surface area contributed by atoms with Crippen molar-refractivity contribution in [3.05, 3.63) is 35.4 Å². The number of likely N-dealkylation sites (tertiary alicyclic amines) is 1. The van der Waals surface area contributed by atoms with Crippen molar-refractivity contribution in [1.29, 1.82) is 0 Å². The number of benzene rings is 1. The van der Waals surface area contributed by atoms with Gasteiger partial charge in [-0.25, -0.2) is 5.21 Å². The monoisotopic (exact) mass is 286 g/mol. The molecule has 2 fully saturated rings. The summed E-state index contributed by atoms with van der Waals surface area (Å²) in [4.78, 5) is 0. The van der Waals surface area contributed by atoms with E-state index in [4.69, 9.17) is 0 Å². The Morgan fingerprint density at radius 1 is 0.905 bits per heavy atom. The molecule has 0 radical (unpaired) electrons. The third-order valence-corrected chi connectivity index (χ3v) is 6.54. The predicted octanol–water partition coefficient (Wildman–Crippen LogP) is 4.10. The highest BCUT2D eigenvalue weighted by Crippen LogP contribution is 2.48. The van der Waals surface area contributed by atoms with Gasteiger partial charge in [0.2, 0.25) is 0 Å². The number of quaternary nitrogens is 1. The number of hydrogen-bond acceptors (Lipinski definition) is 1. The molecule has 2 heteroatoms. The topological polar surface area (TPSA) is 20.2 Å². The maximum atomic E-state index is 10.9. The van der Waals surface area contributed by atoms with Crippen LogP contribution in [0.15, 0.2) is 24.3 Å². The van der Waals surface area contributed by atoms with Crippen molar-refractivity contribution in [2.45, 2.75) is 63.8 Å². The summed E-state index contributed by atoms with van der Waals surface area (Å²) in [6.45, 7) is 2.00. The Kier molecular flexibility index (Phi) is 3.35. The highest BCUT2D eigenvalue weighted by molar-refractivity contribution is 5.34. The van der Waals surface area contributed by atoms with Gasteiger partial charge in [0.25, 0.3) is 0 Å². The average molecular weight is 286 g/mol. The Bertz CT molecular complexity index is 483. The SMILES string of the molecule is O[N+]1(C2CCC3(CC2)Cc2ccccc2C3)CCCCC1. The molecule has 3 aliphatic rings. The Balaban J connectivity index is 1.44. The second-order valence-electron chi connectivity index (χ2n) is 7.85. The Labute approximate surface area is 128 Å². The summed E-state index contributed by atoms with van der Waals surface area (Å²) in [7, 11) is 0. The van der Waals surface area contributed by atoms with E-state index >= 15 is 0 Å². The first-order chi connectivity index (χ1) is 10.2. The molecule has 1 aromatic carbocycles. The first kappa shape index (κ1) is 13.8. The van der Waals surface area contributed by atoms with E-state index < -0.39 is 0 Å². The van der Waals surface area contributed by atoms with E-state index in [2.05, 4.69) is 24.3 Å². The lowest BCUT2D eigenvalue weighted by molar-refractivity contribution is -1.12. The standard InChI is InChI=1S/C19H28NO/c21-20(12-4-1-5-13-20)18-8-10-19(11-9-18)14-16-6-2-3-7-17(16)15-19/h2-3,6-7,18,21H,1,4-5,8-15H2/q+1. The van der Waals surface area contributed by atoms with E-state index in [0.29, 0.717) is 16.1 Å². The van der Waals surface area contributed by atoms with Crippen LogP contribution in [0.3, 0.4) is 0 Å². The highest BCUT2D eigenvalue weighted by Gasteiger charge is 2.46. The van der Waals surface area contributed by atoms with Crippen molar-refractivity contribution in [3.63, 3.8) is 0 Å². The molecule has 1 aromatic rings. The maximum Gasteiger partial charge on any atom is 0.119 e. The first-order valence-corrected chi connectivity index (χ1v) is 8.86. The molecule has 1 saturated heterocycles. The van der Waals surface area contributed by atoms with E-state index in [1.165, 1.54) is 57.8 Å². The third kappa shape index (κ3) is 2.43. The van der Waals surface area contributed by atoms with E-state index in [1.807, 2.05) is 0 Å². The van der Waals surface area contributed by atoms with Crippen LogP contribution < -0.4 is 0 Å². The smallest absolute Gasteiger partial charge is 0.119 e. The number of hydrogen-bond donors (Lipinski definition) is 1. The van der Waals surface area contributed by atoms with Crippen LogP contribution in [0.25, 0.3) is 0 Å². The molecule has 1 heterocycles. The molecule has 1 N–H and O–H groups in total. The van der Waals surface area contributed by atoms with Crippen molar-refractivity contribution in [3.8, 4) is 0 Å². The Hall–Kier alpha value is -0.860. The van der Waals surface area contributed by atoms with Gasteiger partial charge < -0.3 is 0 Å². The summed E-state index contributed by atoms with van der Waals surface area (Å²) in [5.41, 5.74) is 3.69. The van der Waals surface area contributed by atoms with Crippen LogP contribution >= 0.6 is 0 Å². The van der Waals surface area contributed by atoms with Crippen LogP contribution in [-0.2, 0) is 12.8 Å². The third-order valence-electron chi connectivity index (χ3n) is 6.54. The van der Waals surface area contributed by atoms with Gasteiger partial charge >= 0.3 is 0 Å². The van der Waals surface area contributed by atoms with Gasteiger partial charge in [-0.2, -0.15) is 4.65 Å². The number of hydroxylamine groups is 3. The van der Waals surface area contributed by atoms with Crippen LogP contribution in [0, 0.1) is 5.41 Å². The van der Waals surface area contributed by atoms with Gasteiger partial charge in [0, 0.05) is 12.8 Å². The number of rotatable bonds is 1. The van der Waals surface area contributed by atoms with E-state index in [0.717, 1.165) is 13.1 Å². The highest BCUT2D eigenvalue weighted by atomic mass is 16.5. The normalized spacial score (nSPS) is 27.7. The fraction of sp³-hybridized carbons (Fsp3) is 0.684. The number of piperidine rings is 1. The molecule has 0 aromatic heterocycles. The van der Waals surface area contributed by atoms with E-state index in [1.54, 1.807) is 11.1 Å². The fourth-order valence-electron chi connectivity index (χ4n) is 5.25. The molecule has 0 bridgehead atoms.